The average molecular weight is 284 g/mol. The topological polar surface area (TPSA) is 95.2 Å². The van der Waals surface area contributed by atoms with Crippen LogP contribution >= 0.6 is 15.9 Å². The van der Waals surface area contributed by atoms with Gasteiger partial charge in [-0.15, -0.1) is 0 Å². The van der Waals surface area contributed by atoms with Crippen molar-refractivity contribution in [1.82, 2.24) is 5.16 Å². The number of hydrogen-bond donors (Lipinski definition) is 1. The Morgan fingerprint density at radius 3 is 2.75 bits per heavy atom. The molecule has 7 heteroatoms. The van der Waals surface area contributed by atoms with Gasteiger partial charge in [-0.1, -0.05) is 21.1 Å². The summed E-state index contributed by atoms with van der Waals surface area (Å²) in [5, 5.41) is 14.3. The van der Waals surface area contributed by atoms with E-state index in [0.717, 1.165) is 0 Å². The Hall–Kier alpha value is -1.89. The van der Waals surface area contributed by atoms with Crippen molar-refractivity contribution < 1.29 is 9.45 Å². The molecule has 82 valence electrons. The van der Waals surface area contributed by atoms with Gasteiger partial charge in [-0.2, -0.15) is 0 Å². The zero-order valence-corrected chi connectivity index (χ0v) is 9.47. The van der Waals surface area contributed by atoms with Gasteiger partial charge in [-0.05, 0) is 12.1 Å². The van der Waals surface area contributed by atoms with E-state index in [-0.39, 0.29) is 17.3 Å². The molecule has 0 aliphatic rings. The molecule has 0 spiro atoms. The monoisotopic (exact) mass is 283 g/mol. The number of nitrogen functional groups attached to an aromatic ring is 1. The number of aromatic nitrogens is 1. The molecular formula is C9H6BrN3O3. The molecule has 0 saturated carbocycles. The van der Waals surface area contributed by atoms with Crippen LogP contribution in [-0.4, -0.2) is 10.1 Å². The van der Waals surface area contributed by atoms with Crippen molar-refractivity contribution in [1.29, 1.82) is 0 Å². The van der Waals surface area contributed by atoms with E-state index >= 15 is 0 Å². The molecule has 0 aliphatic heterocycles. The summed E-state index contributed by atoms with van der Waals surface area (Å²) < 4.78 is 5.51. The number of nitrogens with zero attached hydrogens (tertiary/aromatic N) is 2. The molecule has 0 amide bonds. The first-order chi connectivity index (χ1) is 7.58. The molecule has 16 heavy (non-hydrogen) atoms. The molecule has 0 atom stereocenters. The molecule has 2 aromatic rings. The minimum Gasteiger partial charge on any atom is -0.381 e. The van der Waals surface area contributed by atoms with Crippen molar-refractivity contribution in [3.05, 3.63) is 38.9 Å². The normalized spacial score (nSPS) is 10.3. The molecule has 1 aromatic heterocycles. The lowest BCUT2D eigenvalue weighted by atomic mass is 10.1. The van der Waals surface area contributed by atoms with E-state index in [4.69, 9.17) is 10.3 Å². The lowest BCUT2D eigenvalue weighted by molar-refractivity contribution is -0.384. The van der Waals surface area contributed by atoms with Crippen molar-refractivity contribution in [3.63, 3.8) is 0 Å². The van der Waals surface area contributed by atoms with Crippen LogP contribution in [0.2, 0.25) is 0 Å². The van der Waals surface area contributed by atoms with E-state index in [9.17, 15) is 10.1 Å². The van der Waals surface area contributed by atoms with E-state index in [2.05, 4.69) is 21.1 Å². The minimum atomic E-state index is -0.487. The van der Waals surface area contributed by atoms with Gasteiger partial charge < -0.3 is 10.3 Å². The molecule has 0 saturated heterocycles. The Bertz CT molecular complexity index is 553. The van der Waals surface area contributed by atoms with Gasteiger partial charge in [0.2, 0.25) is 0 Å². The highest BCUT2D eigenvalue weighted by atomic mass is 79.9. The highest BCUT2D eigenvalue weighted by Gasteiger charge is 2.18. The fourth-order valence-corrected chi connectivity index (χ4v) is 1.63. The van der Waals surface area contributed by atoms with Gasteiger partial charge >= 0.3 is 0 Å². The highest BCUT2D eigenvalue weighted by molar-refractivity contribution is 9.10. The van der Waals surface area contributed by atoms with Crippen LogP contribution in [0.15, 0.2) is 33.3 Å². The zero-order valence-electron chi connectivity index (χ0n) is 7.88. The predicted molar refractivity (Wildman–Crippen MR) is 60.7 cm³/mol. The van der Waals surface area contributed by atoms with Gasteiger partial charge in [0.05, 0.1) is 10.5 Å². The summed E-state index contributed by atoms with van der Waals surface area (Å²) >= 11 is 3.17. The van der Waals surface area contributed by atoms with Crippen LogP contribution < -0.4 is 5.73 Å². The van der Waals surface area contributed by atoms with Gasteiger partial charge in [-0.3, -0.25) is 10.1 Å². The number of hydrogen-bond acceptors (Lipinski definition) is 5. The number of halogens is 1. The second-order valence-electron chi connectivity index (χ2n) is 3.03. The van der Waals surface area contributed by atoms with E-state index in [1.54, 1.807) is 12.1 Å². The molecule has 0 radical (unpaired) electrons. The van der Waals surface area contributed by atoms with Crippen molar-refractivity contribution in [2.24, 2.45) is 0 Å². The molecule has 1 heterocycles. The van der Waals surface area contributed by atoms with Crippen LogP contribution in [-0.2, 0) is 0 Å². The SMILES string of the molecule is Nc1cc(-c2ccc(Br)cc2[N+](=O)[O-])on1. The molecule has 1 aromatic carbocycles. The van der Waals surface area contributed by atoms with Crippen molar-refractivity contribution in [2.45, 2.75) is 0 Å². The summed E-state index contributed by atoms with van der Waals surface area (Å²) in [6.07, 6.45) is 0. The van der Waals surface area contributed by atoms with Crippen LogP contribution in [0, 0.1) is 10.1 Å². The van der Waals surface area contributed by atoms with Crippen LogP contribution in [0.25, 0.3) is 11.3 Å². The number of nitro groups is 1. The lowest BCUT2D eigenvalue weighted by Gasteiger charge is -1.98. The van der Waals surface area contributed by atoms with Crippen molar-refractivity contribution in [3.8, 4) is 11.3 Å². The van der Waals surface area contributed by atoms with Crippen LogP contribution in [0.3, 0.4) is 0 Å². The second kappa shape index (κ2) is 3.93. The lowest BCUT2D eigenvalue weighted by Crippen LogP contribution is -1.91. The fraction of sp³-hybridized carbons (Fsp3) is 0. The number of nitro benzene ring substituents is 1. The molecule has 0 unspecified atom stereocenters. The maximum absolute atomic E-state index is 10.8. The fourth-order valence-electron chi connectivity index (χ4n) is 1.28. The van der Waals surface area contributed by atoms with Crippen LogP contribution in [0.1, 0.15) is 0 Å². The van der Waals surface area contributed by atoms with Gasteiger partial charge in [0, 0.05) is 16.6 Å². The maximum Gasteiger partial charge on any atom is 0.281 e. The summed E-state index contributed by atoms with van der Waals surface area (Å²) in [6, 6.07) is 6.09. The Morgan fingerprint density at radius 2 is 2.19 bits per heavy atom. The second-order valence-corrected chi connectivity index (χ2v) is 3.95. The molecule has 6 nitrogen and oxygen atoms in total. The van der Waals surface area contributed by atoms with Gasteiger partial charge in [-0.25, -0.2) is 0 Å². The third-order valence-electron chi connectivity index (χ3n) is 1.95. The first-order valence-electron chi connectivity index (χ1n) is 4.24. The van der Waals surface area contributed by atoms with E-state index in [1.807, 2.05) is 0 Å². The number of benzene rings is 1. The molecule has 0 aliphatic carbocycles. The van der Waals surface area contributed by atoms with Crippen molar-refractivity contribution >= 4 is 27.4 Å². The number of nitrogens with two attached hydrogens (primary N) is 1. The Morgan fingerprint density at radius 1 is 1.44 bits per heavy atom. The standard InChI is InChI=1S/C9H6BrN3O3/c10-5-1-2-6(7(3-5)13(14)15)8-4-9(11)12-16-8/h1-4H,(H2,11,12). The largest absolute Gasteiger partial charge is 0.381 e. The summed E-state index contributed by atoms with van der Waals surface area (Å²) in [5.41, 5.74) is 5.67. The number of rotatable bonds is 2. The summed E-state index contributed by atoms with van der Waals surface area (Å²) in [4.78, 5) is 10.4. The molecule has 0 fully saturated rings. The Labute approximate surface area is 98.3 Å². The third kappa shape index (κ3) is 1.89. The molecule has 2 rings (SSSR count). The third-order valence-corrected chi connectivity index (χ3v) is 2.44. The maximum atomic E-state index is 10.8. The Balaban J connectivity index is 2.60. The predicted octanol–water partition coefficient (Wildman–Crippen LogP) is 2.59. The van der Waals surface area contributed by atoms with E-state index in [0.29, 0.717) is 10.0 Å². The number of anilines is 1. The summed E-state index contributed by atoms with van der Waals surface area (Å²) in [6.45, 7) is 0. The smallest absolute Gasteiger partial charge is 0.281 e. The van der Waals surface area contributed by atoms with E-state index in [1.165, 1.54) is 12.1 Å². The van der Waals surface area contributed by atoms with Crippen LogP contribution in [0.4, 0.5) is 11.5 Å². The van der Waals surface area contributed by atoms with Gasteiger partial charge in [0.25, 0.3) is 5.69 Å². The Kier molecular flexibility index (Phi) is 2.61. The molecule has 0 bridgehead atoms. The molecular weight excluding hydrogens is 278 g/mol. The average Bonchev–Trinajstić information content (AvgIpc) is 2.64. The highest BCUT2D eigenvalue weighted by Crippen LogP contribution is 2.32. The zero-order chi connectivity index (χ0) is 11.7. The quantitative estimate of drug-likeness (QED) is 0.675. The minimum absolute atomic E-state index is 0.0643. The van der Waals surface area contributed by atoms with Crippen LogP contribution in [0.5, 0.6) is 0 Å². The van der Waals surface area contributed by atoms with Gasteiger partial charge in [0.1, 0.15) is 0 Å². The van der Waals surface area contributed by atoms with E-state index < -0.39 is 4.92 Å². The first-order valence-corrected chi connectivity index (χ1v) is 5.04. The summed E-state index contributed by atoms with van der Waals surface area (Å²) in [7, 11) is 0. The summed E-state index contributed by atoms with van der Waals surface area (Å²) in [5.74, 6) is 0.462. The van der Waals surface area contributed by atoms with Crippen molar-refractivity contribution in [2.75, 3.05) is 5.73 Å². The first kappa shape index (κ1) is 10.6. The molecule has 2 N–H and O–H groups in total. The van der Waals surface area contributed by atoms with Gasteiger partial charge in [0.15, 0.2) is 11.6 Å².